The smallest absolute Gasteiger partial charge is 0.668 e. The molecule has 5 heteroatoms. The van der Waals surface area contributed by atoms with E-state index in [1.54, 1.807) is 42.3 Å². The third-order valence-electron chi connectivity index (χ3n) is 0.596. The van der Waals surface area contributed by atoms with Crippen molar-refractivity contribution in [1.29, 1.82) is 0 Å². The Morgan fingerprint density at radius 2 is 0.647 bits per heavy atom. The van der Waals surface area contributed by atoms with E-state index in [-0.39, 0.29) is 25.8 Å². The average Bonchev–Trinajstić information content (AvgIpc) is 2.04. The van der Waals surface area contributed by atoms with E-state index in [0.29, 0.717) is 12.1 Å². The van der Waals surface area contributed by atoms with Crippen molar-refractivity contribution in [2.24, 2.45) is 0 Å². The molecule has 0 spiro atoms. The van der Waals surface area contributed by atoms with E-state index < -0.39 is 0 Å². The van der Waals surface area contributed by atoms with Gasteiger partial charge in [0.2, 0.25) is 0 Å². The van der Waals surface area contributed by atoms with Crippen LogP contribution in [0.1, 0.15) is 27.7 Å². The summed E-state index contributed by atoms with van der Waals surface area (Å²) >= 11 is 0. The molecule has 0 atom stereocenters. The van der Waals surface area contributed by atoms with Crippen molar-refractivity contribution in [3.8, 4) is 0 Å². The summed E-state index contributed by atoms with van der Waals surface area (Å²) in [6.07, 6.45) is 0. The molecular weight excluding hydrogens is 379 g/mol. The van der Waals surface area contributed by atoms with Crippen LogP contribution in [0.15, 0.2) is 0 Å². The maximum Gasteiger partial charge on any atom is 4.00 e. The van der Waals surface area contributed by atoms with E-state index in [0.717, 1.165) is 0 Å². The molecule has 0 fully saturated rings. The number of nitrogens with zero attached hydrogens (tertiary/aromatic N) is 4. The summed E-state index contributed by atoms with van der Waals surface area (Å²) in [6, 6.07) is 1.000. The molecule has 0 unspecified atom stereocenters. The standard InChI is InChI=1S/C6H14N.3C2H6N.Hf/c1-5(2)7-6(3)4;3*1-3-2;/h5-6H,1-4H3;3*1-2H3;/q4*-1;+4. The minimum Gasteiger partial charge on any atom is -0.668 e. The monoisotopic (exact) mass is 412 g/mol. The molecule has 0 bridgehead atoms. The zero-order chi connectivity index (χ0) is 14.0. The fraction of sp³-hybridized carbons (Fsp3) is 1.00. The van der Waals surface area contributed by atoms with Crippen LogP contribution in [-0.2, 0) is 25.8 Å². The summed E-state index contributed by atoms with van der Waals surface area (Å²) in [4.78, 5) is 0. The fourth-order valence-corrected chi connectivity index (χ4v) is 0.596. The third kappa shape index (κ3) is 163. The maximum atomic E-state index is 4.28. The minimum atomic E-state index is 0. The Hall–Kier alpha value is 0.710. The van der Waals surface area contributed by atoms with Gasteiger partial charge in [-0.2, -0.15) is 42.3 Å². The quantitative estimate of drug-likeness (QED) is 0.617. The first kappa shape index (κ1) is 30.6. The Morgan fingerprint density at radius 3 is 0.647 bits per heavy atom. The molecule has 0 amide bonds. The third-order valence-corrected chi connectivity index (χ3v) is 0.596. The fourth-order valence-electron chi connectivity index (χ4n) is 0.596. The Kier molecular flexibility index (Phi) is 64.7. The first-order chi connectivity index (χ1) is 7.37. The second kappa shape index (κ2) is 36.0. The van der Waals surface area contributed by atoms with Gasteiger partial charge in [-0.25, -0.2) is 0 Å². The average molecular weight is 411 g/mol. The number of rotatable bonds is 2. The largest absolute Gasteiger partial charge is 4.00 e. The van der Waals surface area contributed by atoms with E-state index in [1.807, 2.05) is 0 Å². The molecule has 0 aliphatic rings. The van der Waals surface area contributed by atoms with Crippen LogP contribution < -0.4 is 0 Å². The van der Waals surface area contributed by atoms with Crippen molar-refractivity contribution in [3.05, 3.63) is 21.3 Å². The SMILES string of the molecule is CC(C)[N-]C(C)C.C[N-]C.C[N-]C.C[N-]C.[Hf+4]. The van der Waals surface area contributed by atoms with Crippen molar-refractivity contribution in [2.75, 3.05) is 42.3 Å². The molecule has 104 valence electrons. The van der Waals surface area contributed by atoms with Crippen molar-refractivity contribution < 1.29 is 25.8 Å². The van der Waals surface area contributed by atoms with Crippen LogP contribution in [0.25, 0.3) is 21.3 Å². The van der Waals surface area contributed by atoms with Gasteiger partial charge in [0.25, 0.3) is 0 Å². The zero-order valence-electron chi connectivity index (χ0n) is 13.4. The van der Waals surface area contributed by atoms with E-state index in [1.165, 1.54) is 0 Å². The molecular formula is C12H32HfN4. The van der Waals surface area contributed by atoms with Gasteiger partial charge in [0, 0.05) is 0 Å². The second-order valence-corrected chi connectivity index (χ2v) is 3.68. The van der Waals surface area contributed by atoms with E-state index in [4.69, 9.17) is 0 Å². The van der Waals surface area contributed by atoms with Crippen molar-refractivity contribution in [1.82, 2.24) is 0 Å². The second-order valence-electron chi connectivity index (χ2n) is 3.68. The molecule has 0 N–H and O–H groups in total. The topological polar surface area (TPSA) is 56.4 Å². The molecule has 0 saturated heterocycles. The van der Waals surface area contributed by atoms with Crippen LogP contribution in [0.4, 0.5) is 0 Å². The Bertz CT molecular complexity index is 70.2. The van der Waals surface area contributed by atoms with Crippen molar-refractivity contribution in [2.45, 2.75) is 39.8 Å². The molecule has 4 nitrogen and oxygen atoms in total. The zero-order valence-corrected chi connectivity index (χ0v) is 17.0. The summed E-state index contributed by atoms with van der Waals surface area (Å²) < 4.78 is 0. The summed E-state index contributed by atoms with van der Waals surface area (Å²) in [7, 11) is 10.5. The van der Waals surface area contributed by atoms with Crippen LogP contribution >= 0.6 is 0 Å². The van der Waals surface area contributed by atoms with Gasteiger partial charge in [-0.1, -0.05) is 27.7 Å². The Labute approximate surface area is 129 Å². The molecule has 0 radical (unpaired) electrons. The molecule has 0 aliphatic carbocycles. The van der Waals surface area contributed by atoms with E-state index >= 15 is 0 Å². The molecule has 0 aliphatic heterocycles. The van der Waals surface area contributed by atoms with Gasteiger partial charge in [0.15, 0.2) is 0 Å². The van der Waals surface area contributed by atoms with Crippen LogP contribution in [-0.4, -0.2) is 54.4 Å². The van der Waals surface area contributed by atoms with Crippen LogP contribution in [0, 0.1) is 0 Å². The van der Waals surface area contributed by atoms with Crippen LogP contribution in [0.2, 0.25) is 0 Å². The predicted octanol–water partition coefficient (Wildman–Crippen LogP) is 4.03. The Morgan fingerprint density at radius 1 is 0.529 bits per heavy atom. The predicted molar refractivity (Wildman–Crippen MR) is 79.3 cm³/mol. The maximum absolute atomic E-state index is 4.28. The molecule has 0 aromatic heterocycles. The number of hydrogen-bond acceptors (Lipinski definition) is 0. The van der Waals surface area contributed by atoms with Gasteiger partial charge in [-0.3, -0.25) is 0 Å². The molecule has 0 aromatic rings. The van der Waals surface area contributed by atoms with Gasteiger partial charge in [-0.15, -0.1) is 12.1 Å². The first-order valence-electron chi connectivity index (χ1n) is 5.51. The summed E-state index contributed by atoms with van der Waals surface area (Å²) in [6.45, 7) is 8.39. The van der Waals surface area contributed by atoms with Crippen LogP contribution in [0.3, 0.4) is 0 Å². The summed E-state index contributed by atoms with van der Waals surface area (Å²) in [5.74, 6) is 0. The molecule has 0 rings (SSSR count). The number of hydrogen-bond donors (Lipinski definition) is 0. The minimum absolute atomic E-state index is 0. The first-order valence-corrected chi connectivity index (χ1v) is 5.51. The normalized spacial score (nSPS) is 7.76. The molecule has 0 aromatic carbocycles. The van der Waals surface area contributed by atoms with Crippen molar-refractivity contribution >= 4 is 0 Å². The summed E-state index contributed by atoms with van der Waals surface area (Å²) in [5, 5.41) is 14.8. The van der Waals surface area contributed by atoms with Gasteiger partial charge in [0.05, 0.1) is 0 Å². The van der Waals surface area contributed by atoms with Gasteiger partial charge >= 0.3 is 25.8 Å². The molecule has 0 heterocycles. The van der Waals surface area contributed by atoms with Gasteiger partial charge in [-0.05, 0) is 0 Å². The van der Waals surface area contributed by atoms with Gasteiger partial charge < -0.3 is 21.3 Å². The van der Waals surface area contributed by atoms with E-state index in [2.05, 4.69) is 49.0 Å². The van der Waals surface area contributed by atoms with Gasteiger partial charge in [0.1, 0.15) is 0 Å². The summed E-state index contributed by atoms with van der Waals surface area (Å²) in [5.41, 5.74) is 0. The molecule has 17 heavy (non-hydrogen) atoms. The molecule has 0 saturated carbocycles. The van der Waals surface area contributed by atoms with Crippen molar-refractivity contribution in [3.63, 3.8) is 0 Å². The van der Waals surface area contributed by atoms with E-state index in [9.17, 15) is 0 Å². The van der Waals surface area contributed by atoms with Crippen LogP contribution in [0.5, 0.6) is 0 Å². The Balaban J connectivity index is -0.0000000411.